The Morgan fingerprint density at radius 2 is 1.83 bits per heavy atom. The van der Waals surface area contributed by atoms with Crippen molar-refractivity contribution in [1.29, 1.82) is 0 Å². The van der Waals surface area contributed by atoms with Crippen molar-refractivity contribution < 1.29 is 19.4 Å². The van der Waals surface area contributed by atoms with Crippen LogP contribution in [0.2, 0.25) is 0 Å². The summed E-state index contributed by atoms with van der Waals surface area (Å²) in [7, 11) is 0. The molecule has 1 aliphatic heterocycles. The number of benzene rings is 1. The minimum atomic E-state index is -0.536. The molecule has 5 nitrogen and oxygen atoms in total. The number of hydrogen-bond donors (Lipinski definition) is 1. The van der Waals surface area contributed by atoms with Crippen molar-refractivity contribution in [2.75, 3.05) is 24.7 Å². The Morgan fingerprint density at radius 3 is 2.48 bits per heavy atom. The molecule has 2 rings (SSSR count). The van der Waals surface area contributed by atoms with Gasteiger partial charge in [-0.2, -0.15) is 0 Å². The molecule has 0 aromatic heterocycles. The van der Waals surface area contributed by atoms with Gasteiger partial charge in [0.2, 0.25) is 0 Å². The Bertz CT molecular complexity index is 638. The smallest absolute Gasteiger partial charge is 0.414 e. The van der Waals surface area contributed by atoms with Gasteiger partial charge in [-0.15, -0.1) is 0 Å². The average molecular weight is 406 g/mol. The first-order valence-corrected chi connectivity index (χ1v) is 11.2. The first-order chi connectivity index (χ1) is 13.9. The zero-order valence-electron chi connectivity index (χ0n) is 18.7. The molecule has 5 heteroatoms. The maximum atomic E-state index is 12.6. The maximum Gasteiger partial charge on any atom is 0.414 e. The van der Waals surface area contributed by atoms with E-state index in [2.05, 4.69) is 6.92 Å². The van der Waals surface area contributed by atoms with Crippen LogP contribution in [0.4, 0.5) is 10.5 Å². The number of unbranched alkanes of at least 4 members (excludes halogenated alkanes) is 6. The van der Waals surface area contributed by atoms with Crippen LogP contribution in [-0.2, 0) is 4.74 Å². The molecule has 1 aromatic rings. The summed E-state index contributed by atoms with van der Waals surface area (Å²) in [5, 5.41) is 9.44. The molecule has 0 aliphatic carbocycles. The summed E-state index contributed by atoms with van der Waals surface area (Å²) in [4.78, 5) is 14.3. The predicted octanol–water partition coefficient (Wildman–Crippen LogP) is 6.04. The van der Waals surface area contributed by atoms with Crippen LogP contribution in [0.1, 0.15) is 90.5 Å². The van der Waals surface area contributed by atoms with Gasteiger partial charge in [0.1, 0.15) is 11.4 Å². The lowest BCUT2D eigenvalue weighted by molar-refractivity contribution is 0.0581. The van der Waals surface area contributed by atoms with Crippen molar-refractivity contribution in [1.82, 2.24) is 0 Å². The number of anilines is 1. The van der Waals surface area contributed by atoms with Crippen LogP contribution in [0.3, 0.4) is 0 Å². The van der Waals surface area contributed by atoms with Gasteiger partial charge in [0.05, 0.1) is 12.3 Å². The number of hydrogen-bond acceptors (Lipinski definition) is 4. The minimum Gasteiger partial charge on any atom is -0.494 e. The zero-order valence-corrected chi connectivity index (χ0v) is 18.7. The van der Waals surface area contributed by atoms with E-state index >= 15 is 0 Å². The summed E-state index contributed by atoms with van der Waals surface area (Å²) in [6.45, 7) is 9.19. The van der Waals surface area contributed by atoms with Crippen molar-refractivity contribution >= 4 is 11.8 Å². The fraction of sp³-hybridized carbons (Fsp3) is 0.708. The Labute approximate surface area is 176 Å². The third kappa shape index (κ3) is 7.54. The summed E-state index contributed by atoms with van der Waals surface area (Å²) < 4.78 is 11.5. The van der Waals surface area contributed by atoms with Gasteiger partial charge in [-0.05, 0) is 57.4 Å². The highest BCUT2D eigenvalue weighted by atomic mass is 16.6. The topological polar surface area (TPSA) is 59.0 Å². The lowest BCUT2D eigenvalue weighted by atomic mass is 9.98. The molecule has 0 fully saturated rings. The molecular weight excluding hydrogens is 366 g/mol. The van der Waals surface area contributed by atoms with E-state index < -0.39 is 5.60 Å². The van der Waals surface area contributed by atoms with Crippen LogP contribution in [0.25, 0.3) is 0 Å². The van der Waals surface area contributed by atoms with Crippen LogP contribution in [0, 0.1) is 0 Å². The van der Waals surface area contributed by atoms with Gasteiger partial charge in [-0.1, -0.05) is 45.4 Å². The summed E-state index contributed by atoms with van der Waals surface area (Å²) in [6.07, 6.45) is 9.09. The van der Waals surface area contributed by atoms with E-state index in [1.54, 1.807) is 4.90 Å². The van der Waals surface area contributed by atoms with E-state index in [-0.39, 0.29) is 18.6 Å². The third-order valence-corrected chi connectivity index (χ3v) is 5.24. The average Bonchev–Trinajstić information content (AvgIpc) is 3.01. The van der Waals surface area contributed by atoms with E-state index in [1.807, 2.05) is 39.0 Å². The first kappa shape index (κ1) is 23.5. The van der Waals surface area contributed by atoms with E-state index in [9.17, 15) is 9.90 Å². The fourth-order valence-corrected chi connectivity index (χ4v) is 3.75. The normalized spacial score (nSPS) is 16.0. The van der Waals surface area contributed by atoms with Crippen molar-refractivity contribution in [2.24, 2.45) is 0 Å². The van der Waals surface area contributed by atoms with Gasteiger partial charge >= 0.3 is 6.09 Å². The fourth-order valence-electron chi connectivity index (χ4n) is 3.75. The van der Waals surface area contributed by atoms with Gasteiger partial charge < -0.3 is 14.6 Å². The van der Waals surface area contributed by atoms with E-state index in [0.717, 1.165) is 23.4 Å². The molecule has 1 unspecified atom stereocenters. The Hall–Kier alpha value is -1.75. The molecule has 0 spiro atoms. The second kappa shape index (κ2) is 11.4. The molecule has 0 saturated carbocycles. The minimum absolute atomic E-state index is 0.0926. The summed E-state index contributed by atoms with van der Waals surface area (Å²) in [6, 6.07) is 5.90. The second-order valence-electron chi connectivity index (χ2n) is 8.99. The number of carbonyl (C=O) groups is 1. The number of fused-ring (bicyclic) bond motifs is 1. The van der Waals surface area contributed by atoms with Gasteiger partial charge in [0.25, 0.3) is 0 Å². The molecule has 1 aliphatic rings. The highest BCUT2D eigenvalue weighted by Gasteiger charge is 2.34. The molecule has 29 heavy (non-hydrogen) atoms. The van der Waals surface area contributed by atoms with E-state index in [4.69, 9.17) is 9.47 Å². The molecule has 1 N–H and O–H groups in total. The number of aliphatic hydroxyl groups excluding tert-OH is 1. The van der Waals surface area contributed by atoms with Crippen molar-refractivity contribution in [3.8, 4) is 5.75 Å². The highest BCUT2D eigenvalue weighted by Crippen LogP contribution is 2.40. The van der Waals surface area contributed by atoms with E-state index in [0.29, 0.717) is 19.6 Å². The molecule has 164 valence electrons. The third-order valence-electron chi connectivity index (χ3n) is 5.24. The Kier molecular flexibility index (Phi) is 9.28. The van der Waals surface area contributed by atoms with Crippen LogP contribution in [-0.4, -0.2) is 36.6 Å². The van der Waals surface area contributed by atoms with Crippen LogP contribution < -0.4 is 9.64 Å². The molecule has 1 atom stereocenters. The lowest BCUT2D eigenvalue weighted by Crippen LogP contribution is -2.36. The number of carbonyl (C=O) groups excluding carboxylic acids is 1. The molecule has 1 amide bonds. The summed E-state index contributed by atoms with van der Waals surface area (Å²) in [5.41, 5.74) is 1.38. The SMILES string of the molecule is CCCCCCCCCOc1ccc2c(c1)C(CCO)CN2C(=O)OC(C)(C)C. The second-order valence-corrected chi connectivity index (χ2v) is 8.99. The van der Waals surface area contributed by atoms with Crippen molar-refractivity contribution in [3.05, 3.63) is 23.8 Å². The van der Waals surface area contributed by atoms with Crippen LogP contribution >= 0.6 is 0 Å². The largest absolute Gasteiger partial charge is 0.494 e. The van der Waals surface area contributed by atoms with Gasteiger partial charge in [0.15, 0.2) is 0 Å². The molecular formula is C24H39NO4. The maximum absolute atomic E-state index is 12.6. The zero-order chi connectivity index (χ0) is 21.3. The number of ether oxygens (including phenoxy) is 2. The highest BCUT2D eigenvalue weighted by molar-refractivity contribution is 5.91. The van der Waals surface area contributed by atoms with E-state index in [1.165, 1.54) is 38.5 Å². The van der Waals surface area contributed by atoms with Gasteiger partial charge in [-0.25, -0.2) is 4.79 Å². The number of amides is 1. The molecule has 1 heterocycles. The number of aliphatic hydroxyl groups is 1. The summed E-state index contributed by atoms with van der Waals surface area (Å²) in [5.74, 6) is 0.938. The molecule has 0 radical (unpaired) electrons. The summed E-state index contributed by atoms with van der Waals surface area (Å²) >= 11 is 0. The van der Waals surface area contributed by atoms with Crippen LogP contribution in [0.5, 0.6) is 5.75 Å². The lowest BCUT2D eigenvalue weighted by Gasteiger charge is -2.25. The van der Waals surface area contributed by atoms with Crippen molar-refractivity contribution in [3.63, 3.8) is 0 Å². The standard InChI is InChI=1S/C24H39NO4/c1-5-6-7-8-9-10-11-16-28-20-12-13-22-21(17-20)19(14-15-26)18-25(22)23(27)29-24(2,3)4/h12-13,17,19,26H,5-11,14-16,18H2,1-4H3. The molecule has 0 bridgehead atoms. The quantitative estimate of drug-likeness (QED) is 0.456. The van der Waals surface area contributed by atoms with Gasteiger partial charge in [-0.3, -0.25) is 4.90 Å². The van der Waals surface area contributed by atoms with Crippen LogP contribution in [0.15, 0.2) is 18.2 Å². The Balaban J connectivity index is 1.93. The van der Waals surface area contributed by atoms with Gasteiger partial charge in [0, 0.05) is 19.1 Å². The molecule has 1 aromatic carbocycles. The monoisotopic (exact) mass is 405 g/mol. The Morgan fingerprint density at radius 1 is 1.14 bits per heavy atom. The first-order valence-electron chi connectivity index (χ1n) is 11.2. The molecule has 0 saturated heterocycles. The number of rotatable bonds is 11. The number of nitrogens with zero attached hydrogens (tertiary/aromatic N) is 1. The van der Waals surface area contributed by atoms with Crippen molar-refractivity contribution in [2.45, 2.75) is 90.6 Å². The predicted molar refractivity (Wildman–Crippen MR) is 118 cm³/mol.